The van der Waals surface area contributed by atoms with E-state index in [0.29, 0.717) is 0 Å². The second kappa shape index (κ2) is 4.55. The van der Waals surface area contributed by atoms with Crippen LogP contribution in [0.3, 0.4) is 0 Å². The summed E-state index contributed by atoms with van der Waals surface area (Å²) >= 11 is 0. The molecule has 114 valence electrons. The van der Waals surface area contributed by atoms with Crippen LogP contribution in [0.1, 0.15) is 33.7 Å². The SMILES string of the molecule is C[C@H]1COc2c(C(=O)O)c(F)cc3c(=O)c(C(=O)O)cn1c23. The van der Waals surface area contributed by atoms with E-state index >= 15 is 0 Å². The molecule has 0 fully saturated rings. The van der Waals surface area contributed by atoms with Gasteiger partial charge in [0, 0.05) is 6.20 Å². The second-order valence-electron chi connectivity index (χ2n) is 5.01. The molecular formula is C14H10FNO6. The molecule has 1 aliphatic heterocycles. The Hall–Kier alpha value is -2.90. The molecule has 0 saturated heterocycles. The summed E-state index contributed by atoms with van der Waals surface area (Å²) in [6.07, 6.45) is 1.13. The number of carbonyl (C=O) groups is 2. The van der Waals surface area contributed by atoms with Gasteiger partial charge in [0.2, 0.25) is 5.43 Å². The monoisotopic (exact) mass is 307 g/mol. The summed E-state index contributed by atoms with van der Waals surface area (Å²) in [5, 5.41) is 18.0. The number of halogens is 1. The van der Waals surface area contributed by atoms with E-state index in [4.69, 9.17) is 14.9 Å². The number of pyridine rings is 1. The highest BCUT2D eigenvalue weighted by molar-refractivity contribution is 6.01. The first kappa shape index (κ1) is 14.1. The maximum absolute atomic E-state index is 14.0. The van der Waals surface area contributed by atoms with E-state index in [1.54, 1.807) is 6.92 Å². The molecule has 0 spiro atoms. The smallest absolute Gasteiger partial charge is 0.342 e. The van der Waals surface area contributed by atoms with Gasteiger partial charge in [0.05, 0.1) is 16.9 Å². The van der Waals surface area contributed by atoms with E-state index in [1.807, 2.05) is 0 Å². The van der Waals surface area contributed by atoms with Gasteiger partial charge in [-0.05, 0) is 13.0 Å². The number of aromatic carboxylic acids is 2. The fourth-order valence-corrected chi connectivity index (χ4v) is 2.58. The van der Waals surface area contributed by atoms with Gasteiger partial charge in [0.1, 0.15) is 23.6 Å². The summed E-state index contributed by atoms with van der Waals surface area (Å²) in [6.45, 7) is 1.75. The van der Waals surface area contributed by atoms with Gasteiger partial charge in [-0.2, -0.15) is 0 Å². The first-order valence-corrected chi connectivity index (χ1v) is 6.33. The molecule has 0 aliphatic carbocycles. The molecule has 1 aromatic carbocycles. The molecule has 2 N–H and O–H groups in total. The van der Waals surface area contributed by atoms with Gasteiger partial charge in [-0.3, -0.25) is 4.79 Å². The van der Waals surface area contributed by atoms with Gasteiger partial charge in [-0.15, -0.1) is 0 Å². The minimum atomic E-state index is -1.52. The normalized spacial score (nSPS) is 16.4. The number of hydrogen-bond donors (Lipinski definition) is 2. The fraction of sp³-hybridized carbons (Fsp3) is 0.214. The minimum absolute atomic E-state index is 0.0355. The van der Waals surface area contributed by atoms with Gasteiger partial charge >= 0.3 is 11.9 Å². The molecule has 8 heteroatoms. The Labute approximate surface area is 122 Å². The zero-order chi connectivity index (χ0) is 16.2. The van der Waals surface area contributed by atoms with Crippen LogP contribution >= 0.6 is 0 Å². The number of carboxylic acid groups (broad SMARTS) is 2. The average Bonchev–Trinajstić information content (AvgIpc) is 2.43. The lowest BCUT2D eigenvalue weighted by molar-refractivity contribution is 0.0675. The zero-order valence-corrected chi connectivity index (χ0v) is 11.3. The molecule has 1 atom stereocenters. The standard InChI is InChI=1S/C14H10FNO6/c1-5-4-22-12-9(14(20)21)8(15)2-6-10(12)16(5)3-7(11(6)17)13(18)19/h2-3,5H,4H2,1H3,(H,18,19)(H,20,21)/t5-/m0/s1. The third kappa shape index (κ3) is 1.77. The molecule has 0 unspecified atom stereocenters. The molecule has 1 aliphatic rings. The van der Waals surface area contributed by atoms with Crippen molar-refractivity contribution < 1.29 is 28.9 Å². The Kier molecular flexibility index (Phi) is 2.91. The zero-order valence-electron chi connectivity index (χ0n) is 11.3. The van der Waals surface area contributed by atoms with Crippen molar-refractivity contribution in [3.63, 3.8) is 0 Å². The predicted molar refractivity (Wildman–Crippen MR) is 72.3 cm³/mol. The minimum Gasteiger partial charge on any atom is -0.488 e. The summed E-state index contributed by atoms with van der Waals surface area (Å²) in [4.78, 5) is 34.6. The molecule has 7 nitrogen and oxygen atoms in total. The van der Waals surface area contributed by atoms with Crippen molar-refractivity contribution in [2.24, 2.45) is 0 Å². The Morgan fingerprint density at radius 3 is 2.64 bits per heavy atom. The maximum Gasteiger partial charge on any atom is 0.342 e. The molecule has 0 radical (unpaired) electrons. The number of ether oxygens (including phenoxy) is 1. The van der Waals surface area contributed by atoms with E-state index in [0.717, 1.165) is 12.3 Å². The van der Waals surface area contributed by atoms with Crippen molar-refractivity contribution in [1.29, 1.82) is 0 Å². The van der Waals surface area contributed by atoms with Crippen molar-refractivity contribution in [3.05, 3.63) is 39.4 Å². The van der Waals surface area contributed by atoms with Gasteiger partial charge in [0.15, 0.2) is 5.75 Å². The third-order valence-corrected chi connectivity index (χ3v) is 3.61. The number of carboxylic acids is 2. The Balaban J connectivity index is 2.57. The van der Waals surface area contributed by atoms with E-state index in [-0.39, 0.29) is 29.3 Å². The van der Waals surface area contributed by atoms with Crippen LogP contribution in [0.4, 0.5) is 4.39 Å². The van der Waals surface area contributed by atoms with E-state index < -0.39 is 34.3 Å². The lowest BCUT2D eigenvalue weighted by atomic mass is 10.0. The molecule has 0 amide bonds. The summed E-state index contributed by atoms with van der Waals surface area (Å²) < 4.78 is 20.8. The van der Waals surface area contributed by atoms with Crippen molar-refractivity contribution >= 4 is 22.8 Å². The number of benzene rings is 1. The molecule has 2 aromatic rings. The summed E-state index contributed by atoms with van der Waals surface area (Å²) in [5.41, 5.74) is -1.97. The first-order valence-electron chi connectivity index (χ1n) is 6.33. The molecule has 2 heterocycles. The number of aromatic nitrogens is 1. The van der Waals surface area contributed by atoms with E-state index in [1.165, 1.54) is 4.57 Å². The molecule has 0 bridgehead atoms. The highest BCUT2D eigenvalue weighted by Crippen LogP contribution is 2.36. The number of nitrogens with zero attached hydrogens (tertiary/aromatic N) is 1. The number of rotatable bonds is 2. The highest BCUT2D eigenvalue weighted by Gasteiger charge is 2.30. The molecule has 3 rings (SSSR count). The van der Waals surface area contributed by atoms with Gasteiger partial charge in [-0.1, -0.05) is 0 Å². The van der Waals surface area contributed by atoms with Crippen molar-refractivity contribution in [2.45, 2.75) is 13.0 Å². The average molecular weight is 307 g/mol. The van der Waals surface area contributed by atoms with Crippen LogP contribution in [0.2, 0.25) is 0 Å². The highest BCUT2D eigenvalue weighted by atomic mass is 19.1. The maximum atomic E-state index is 14.0. The van der Waals surface area contributed by atoms with Crippen LogP contribution in [0.5, 0.6) is 5.75 Å². The molecular weight excluding hydrogens is 297 g/mol. The molecule has 1 aromatic heterocycles. The van der Waals surface area contributed by atoms with Crippen LogP contribution in [0.15, 0.2) is 17.1 Å². The summed E-state index contributed by atoms with van der Waals surface area (Å²) in [6, 6.07) is 0.412. The topological polar surface area (TPSA) is 106 Å². The van der Waals surface area contributed by atoms with Gasteiger partial charge < -0.3 is 19.5 Å². The summed E-state index contributed by atoms with van der Waals surface area (Å²) in [7, 11) is 0. The molecule has 0 saturated carbocycles. The van der Waals surface area contributed by atoms with E-state index in [9.17, 15) is 18.8 Å². The Morgan fingerprint density at radius 2 is 2.05 bits per heavy atom. The third-order valence-electron chi connectivity index (χ3n) is 3.61. The molecule has 22 heavy (non-hydrogen) atoms. The summed E-state index contributed by atoms with van der Waals surface area (Å²) in [5.74, 6) is -4.35. The number of hydrogen-bond acceptors (Lipinski definition) is 4. The van der Waals surface area contributed by atoms with Crippen molar-refractivity contribution in [3.8, 4) is 5.75 Å². The van der Waals surface area contributed by atoms with Gasteiger partial charge in [0.25, 0.3) is 0 Å². The second-order valence-corrected chi connectivity index (χ2v) is 5.01. The Bertz CT molecular complexity index is 901. The fourth-order valence-electron chi connectivity index (χ4n) is 2.58. The predicted octanol–water partition coefficient (Wildman–Crippen LogP) is 1.49. The lowest BCUT2D eigenvalue weighted by Crippen LogP contribution is -2.27. The van der Waals surface area contributed by atoms with Crippen LogP contribution in [-0.2, 0) is 0 Å². The van der Waals surface area contributed by atoms with Crippen LogP contribution in [-0.4, -0.2) is 33.3 Å². The van der Waals surface area contributed by atoms with Gasteiger partial charge in [-0.25, -0.2) is 14.0 Å². The van der Waals surface area contributed by atoms with Crippen LogP contribution in [0, 0.1) is 5.82 Å². The largest absolute Gasteiger partial charge is 0.488 e. The van der Waals surface area contributed by atoms with Crippen molar-refractivity contribution in [1.82, 2.24) is 4.57 Å². The van der Waals surface area contributed by atoms with E-state index in [2.05, 4.69) is 0 Å². The lowest BCUT2D eigenvalue weighted by Gasteiger charge is -2.27. The van der Waals surface area contributed by atoms with Crippen LogP contribution < -0.4 is 10.2 Å². The first-order chi connectivity index (χ1) is 10.3. The van der Waals surface area contributed by atoms with Crippen LogP contribution in [0.25, 0.3) is 10.9 Å². The quantitative estimate of drug-likeness (QED) is 0.870. The van der Waals surface area contributed by atoms with Crippen molar-refractivity contribution in [2.75, 3.05) is 6.61 Å². The Morgan fingerprint density at radius 1 is 1.36 bits per heavy atom.